The van der Waals surface area contributed by atoms with E-state index in [0.29, 0.717) is 39.0 Å². The van der Waals surface area contributed by atoms with Crippen LogP contribution in [0.2, 0.25) is 5.02 Å². The fourth-order valence-corrected chi connectivity index (χ4v) is 6.32. The summed E-state index contributed by atoms with van der Waals surface area (Å²) in [7, 11) is 1.54. The van der Waals surface area contributed by atoms with Crippen molar-refractivity contribution in [3.8, 4) is 28.4 Å². The molecule has 0 radical (unpaired) electrons. The summed E-state index contributed by atoms with van der Waals surface area (Å²) in [6.45, 7) is 7.82. The molecule has 1 saturated heterocycles. The van der Waals surface area contributed by atoms with Crippen molar-refractivity contribution in [2.45, 2.75) is 39.2 Å². The molecule has 0 saturated carbocycles. The van der Waals surface area contributed by atoms with Crippen LogP contribution in [0.25, 0.3) is 28.5 Å². The molecule has 6 nitrogen and oxygen atoms in total. The number of nitrogens with zero attached hydrogens (tertiary/aromatic N) is 1. The third-order valence-electron chi connectivity index (χ3n) is 7.61. The number of rotatable bonds is 3. The van der Waals surface area contributed by atoms with E-state index in [4.69, 9.17) is 21.1 Å². The number of methoxy groups -OCH3 is 1. The van der Waals surface area contributed by atoms with Gasteiger partial charge in [-0.1, -0.05) is 35.9 Å². The maximum absolute atomic E-state index is 13.6. The maximum Gasteiger partial charge on any atom is 0.255 e. The topological polar surface area (TPSA) is 71.0 Å². The average Bonchev–Trinajstić information content (AvgIpc) is 3.43. The SMILES string of the molecule is COc1c(O)ccc2c1-c1ccc3c(c1C(=Cc1cccc(Cl)c1C(=O)N1CCCC1)O2)C(C)=CC(C)(C)N3. The first-order valence-corrected chi connectivity index (χ1v) is 13.6. The van der Waals surface area contributed by atoms with E-state index in [2.05, 4.69) is 38.2 Å². The van der Waals surface area contributed by atoms with Gasteiger partial charge in [0.2, 0.25) is 0 Å². The number of amides is 1. The van der Waals surface area contributed by atoms with Crippen molar-refractivity contribution in [3.05, 3.63) is 75.8 Å². The Labute approximate surface area is 233 Å². The van der Waals surface area contributed by atoms with Crippen molar-refractivity contribution in [2.24, 2.45) is 0 Å². The van der Waals surface area contributed by atoms with Gasteiger partial charge in [-0.05, 0) is 75.1 Å². The first kappa shape index (κ1) is 25.4. The van der Waals surface area contributed by atoms with E-state index in [1.165, 1.54) is 7.11 Å². The number of nitrogens with one attached hydrogen (secondary N) is 1. The Morgan fingerprint density at radius 2 is 1.87 bits per heavy atom. The molecule has 0 bridgehead atoms. The van der Waals surface area contributed by atoms with Crippen LogP contribution in [-0.2, 0) is 0 Å². The molecule has 0 unspecified atom stereocenters. The summed E-state index contributed by atoms with van der Waals surface area (Å²) in [5.41, 5.74) is 6.45. The number of phenols is 1. The fourth-order valence-electron chi connectivity index (χ4n) is 6.06. The number of halogens is 1. The number of aromatic hydroxyl groups is 1. The van der Waals surface area contributed by atoms with E-state index in [1.54, 1.807) is 18.2 Å². The van der Waals surface area contributed by atoms with Crippen molar-refractivity contribution >= 4 is 40.6 Å². The third-order valence-corrected chi connectivity index (χ3v) is 7.93. The van der Waals surface area contributed by atoms with Crippen LogP contribution in [-0.4, -0.2) is 41.7 Å². The van der Waals surface area contributed by atoms with Gasteiger partial charge in [0.05, 0.1) is 28.8 Å². The van der Waals surface area contributed by atoms with Crippen molar-refractivity contribution in [3.63, 3.8) is 0 Å². The molecule has 3 aromatic rings. The number of allylic oxidation sites excluding steroid dienone is 1. The molecule has 3 aliphatic heterocycles. The number of likely N-dealkylation sites (tertiary alicyclic amines) is 1. The Morgan fingerprint density at radius 1 is 1.10 bits per heavy atom. The van der Waals surface area contributed by atoms with Gasteiger partial charge in [-0.15, -0.1) is 0 Å². The number of phenolic OH excluding ortho intramolecular Hbond substituents is 1. The molecule has 3 aromatic carbocycles. The van der Waals surface area contributed by atoms with Gasteiger partial charge in [0.25, 0.3) is 5.91 Å². The van der Waals surface area contributed by atoms with Crippen molar-refractivity contribution in [1.82, 2.24) is 4.90 Å². The van der Waals surface area contributed by atoms with Crippen LogP contribution < -0.4 is 14.8 Å². The highest BCUT2D eigenvalue weighted by molar-refractivity contribution is 6.34. The highest BCUT2D eigenvalue weighted by Crippen LogP contribution is 2.54. The number of ether oxygens (including phenoxy) is 2. The molecule has 200 valence electrons. The molecule has 6 rings (SSSR count). The molecule has 0 aliphatic carbocycles. The average molecular weight is 543 g/mol. The van der Waals surface area contributed by atoms with Crippen molar-refractivity contribution in [1.29, 1.82) is 0 Å². The van der Waals surface area contributed by atoms with Crippen LogP contribution in [0.5, 0.6) is 17.2 Å². The first-order chi connectivity index (χ1) is 18.7. The normalized spacial score (nSPS) is 17.9. The summed E-state index contributed by atoms with van der Waals surface area (Å²) in [5.74, 6) is 1.47. The minimum absolute atomic E-state index is 0.0378. The number of hydrogen-bond acceptors (Lipinski definition) is 5. The minimum Gasteiger partial charge on any atom is -0.504 e. The molecule has 1 amide bonds. The smallest absolute Gasteiger partial charge is 0.255 e. The van der Waals surface area contributed by atoms with Gasteiger partial charge in [-0.3, -0.25) is 4.79 Å². The Kier molecular flexibility index (Phi) is 6.11. The van der Waals surface area contributed by atoms with Crippen LogP contribution in [0.4, 0.5) is 5.69 Å². The van der Waals surface area contributed by atoms with Crippen LogP contribution in [0.15, 0.2) is 48.5 Å². The van der Waals surface area contributed by atoms with E-state index >= 15 is 0 Å². The summed E-state index contributed by atoms with van der Waals surface area (Å²) in [4.78, 5) is 15.4. The summed E-state index contributed by atoms with van der Waals surface area (Å²) < 4.78 is 12.2. The van der Waals surface area contributed by atoms with E-state index in [0.717, 1.165) is 53.9 Å². The van der Waals surface area contributed by atoms with Gasteiger partial charge in [0.15, 0.2) is 11.5 Å². The second kappa shape index (κ2) is 9.38. The molecule has 0 spiro atoms. The lowest BCUT2D eigenvalue weighted by atomic mass is 9.82. The zero-order valence-electron chi connectivity index (χ0n) is 22.5. The number of carbonyl (C=O) groups is 1. The Morgan fingerprint density at radius 3 is 2.62 bits per heavy atom. The zero-order valence-corrected chi connectivity index (χ0v) is 23.3. The summed E-state index contributed by atoms with van der Waals surface area (Å²) in [6.07, 6.45) is 6.10. The van der Waals surface area contributed by atoms with Gasteiger partial charge in [0.1, 0.15) is 11.5 Å². The number of carbonyl (C=O) groups excluding carboxylic acids is 1. The summed E-state index contributed by atoms with van der Waals surface area (Å²) in [5, 5.41) is 14.6. The number of anilines is 1. The highest BCUT2D eigenvalue weighted by atomic mass is 35.5. The quantitative estimate of drug-likeness (QED) is 0.359. The number of hydrogen-bond donors (Lipinski definition) is 2. The Hall–Kier alpha value is -3.90. The molecule has 3 aliphatic rings. The number of benzene rings is 3. The molecular weight excluding hydrogens is 512 g/mol. The van der Waals surface area contributed by atoms with Gasteiger partial charge in [0, 0.05) is 35.5 Å². The Bertz CT molecular complexity index is 1580. The van der Waals surface area contributed by atoms with E-state index in [9.17, 15) is 9.90 Å². The first-order valence-electron chi connectivity index (χ1n) is 13.2. The monoisotopic (exact) mass is 542 g/mol. The van der Waals surface area contributed by atoms with Crippen LogP contribution in [0.1, 0.15) is 60.7 Å². The lowest BCUT2D eigenvalue weighted by Gasteiger charge is -2.35. The van der Waals surface area contributed by atoms with Gasteiger partial charge < -0.3 is 24.8 Å². The highest BCUT2D eigenvalue weighted by Gasteiger charge is 2.34. The second-order valence-corrected chi connectivity index (χ2v) is 11.3. The van der Waals surface area contributed by atoms with Crippen LogP contribution >= 0.6 is 11.6 Å². The molecule has 7 heteroatoms. The number of fused-ring (bicyclic) bond motifs is 5. The van der Waals surface area contributed by atoms with Crippen LogP contribution in [0, 0.1) is 0 Å². The maximum atomic E-state index is 13.6. The Balaban J connectivity index is 1.61. The van der Waals surface area contributed by atoms with Gasteiger partial charge in [-0.2, -0.15) is 0 Å². The predicted octanol–water partition coefficient (Wildman–Crippen LogP) is 7.46. The minimum atomic E-state index is -0.221. The predicted molar refractivity (Wildman–Crippen MR) is 157 cm³/mol. The van der Waals surface area contributed by atoms with Gasteiger partial charge >= 0.3 is 0 Å². The van der Waals surface area contributed by atoms with Crippen LogP contribution in [0.3, 0.4) is 0 Å². The zero-order chi connectivity index (χ0) is 27.5. The van der Waals surface area contributed by atoms with Crippen molar-refractivity contribution < 1.29 is 19.4 Å². The van der Waals surface area contributed by atoms with Crippen molar-refractivity contribution in [2.75, 3.05) is 25.5 Å². The molecule has 2 N–H and O–H groups in total. The largest absolute Gasteiger partial charge is 0.504 e. The summed E-state index contributed by atoms with van der Waals surface area (Å²) in [6, 6.07) is 12.9. The molecule has 39 heavy (non-hydrogen) atoms. The molecular formula is C32H31ClN2O4. The lowest BCUT2D eigenvalue weighted by Crippen LogP contribution is -2.32. The molecule has 1 fully saturated rings. The summed E-state index contributed by atoms with van der Waals surface area (Å²) >= 11 is 6.65. The third kappa shape index (κ3) is 4.23. The molecule has 0 aromatic heterocycles. The van der Waals surface area contributed by atoms with E-state index < -0.39 is 0 Å². The fraction of sp³-hybridized carbons (Fsp3) is 0.281. The lowest BCUT2D eigenvalue weighted by molar-refractivity contribution is 0.0793. The van der Waals surface area contributed by atoms with E-state index in [-0.39, 0.29) is 17.2 Å². The molecule has 3 heterocycles. The van der Waals surface area contributed by atoms with Gasteiger partial charge in [-0.25, -0.2) is 0 Å². The standard InChI is InChI=1S/C32H31ClN2O4/c1-18-17-32(2,3)34-22-11-10-20-28(26(18)22)25(39-24-13-12-23(36)30(38-4)29(20)24)16-19-8-7-9-21(33)27(19)31(37)35-14-5-6-15-35/h7-13,16-17,34,36H,5-6,14-15H2,1-4H3. The second-order valence-electron chi connectivity index (χ2n) is 10.9. The van der Waals surface area contributed by atoms with E-state index in [1.807, 2.05) is 29.2 Å². The molecule has 0 atom stereocenters.